The summed E-state index contributed by atoms with van der Waals surface area (Å²) in [4.78, 5) is 19.5. The first kappa shape index (κ1) is 25.7. The van der Waals surface area contributed by atoms with Crippen molar-refractivity contribution < 1.29 is 18.7 Å². The van der Waals surface area contributed by atoms with Crippen LogP contribution in [0.25, 0.3) is 5.57 Å². The molecule has 3 heterocycles. The maximum absolute atomic E-state index is 13.7. The van der Waals surface area contributed by atoms with Gasteiger partial charge in [0.1, 0.15) is 17.7 Å². The van der Waals surface area contributed by atoms with Crippen molar-refractivity contribution in [1.82, 2.24) is 15.2 Å². The predicted molar refractivity (Wildman–Crippen MR) is 148 cm³/mol. The fraction of sp³-hybridized carbons (Fsp3) is 0.375. The van der Waals surface area contributed by atoms with Crippen LogP contribution in [0.15, 0.2) is 72.6 Å². The van der Waals surface area contributed by atoms with E-state index in [-0.39, 0.29) is 23.9 Å². The summed E-state index contributed by atoms with van der Waals surface area (Å²) < 4.78 is 25.0. The molecule has 6 rings (SSSR count). The molecule has 2 atom stereocenters. The number of allylic oxidation sites excluding steroid dienone is 1. The standard InChI is InChI=1S/C32H34FN3O3/c1-21(35-31(37)25-13-29(17-34-16-25)39-28-11-12-38-18-28)22-3-5-23(6-4-22)30(24-7-9-27(33)10-8-24)26-14-32(15-26)19-36(2)20-32/h3-10,13,16-17,21,28H,11-12,14-15,18-20H2,1-2H3,(H,35,37)/t21-,28+/m1/s1. The first-order chi connectivity index (χ1) is 18.9. The molecule has 2 aromatic carbocycles. The highest BCUT2D eigenvalue weighted by atomic mass is 19.1. The van der Waals surface area contributed by atoms with E-state index in [2.05, 4.69) is 46.5 Å². The molecule has 1 spiro atoms. The van der Waals surface area contributed by atoms with Crippen LogP contribution < -0.4 is 10.1 Å². The van der Waals surface area contributed by atoms with E-state index in [0.717, 1.165) is 49.0 Å². The second kappa shape index (κ2) is 10.5. The lowest BCUT2D eigenvalue weighted by molar-refractivity contribution is -0.0106. The number of nitrogens with zero attached hydrogens (tertiary/aromatic N) is 2. The smallest absolute Gasteiger partial charge is 0.253 e. The highest BCUT2D eigenvalue weighted by Crippen LogP contribution is 2.54. The molecule has 0 bridgehead atoms. The lowest BCUT2D eigenvalue weighted by Gasteiger charge is -2.56. The van der Waals surface area contributed by atoms with Gasteiger partial charge in [-0.05, 0) is 67.3 Å². The van der Waals surface area contributed by atoms with E-state index in [4.69, 9.17) is 9.47 Å². The maximum Gasteiger partial charge on any atom is 0.253 e. The number of halogens is 1. The van der Waals surface area contributed by atoms with E-state index < -0.39 is 0 Å². The molecule has 39 heavy (non-hydrogen) atoms. The van der Waals surface area contributed by atoms with E-state index >= 15 is 0 Å². The first-order valence-electron chi connectivity index (χ1n) is 13.6. The average Bonchev–Trinajstić information content (AvgIpc) is 3.41. The molecule has 1 amide bonds. The normalized spacial score (nSPS) is 20.7. The van der Waals surface area contributed by atoms with Crippen molar-refractivity contribution in [3.05, 3.63) is 101 Å². The number of ether oxygens (including phenoxy) is 2. The molecule has 0 unspecified atom stereocenters. The number of rotatable bonds is 7. The molecule has 1 saturated carbocycles. The summed E-state index contributed by atoms with van der Waals surface area (Å²) in [5.41, 5.74) is 6.67. The van der Waals surface area contributed by atoms with Gasteiger partial charge in [-0.2, -0.15) is 0 Å². The maximum atomic E-state index is 13.7. The van der Waals surface area contributed by atoms with Gasteiger partial charge >= 0.3 is 0 Å². The Morgan fingerprint density at radius 3 is 2.41 bits per heavy atom. The molecule has 3 fully saturated rings. The van der Waals surface area contributed by atoms with Crippen molar-refractivity contribution in [2.75, 3.05) is 33.4 Å². The summed E-state index contributed by atoms with van der Waals surface area (Å²) in [7, 11) is 2.17. The zero-order chi connectivity index (χ0) is 27.0. The Kier molecular flexibility index (Phi) is 6.95. The van der Waals surface area contributed by atoms with E-state index in [1.807, 2.05) is 19.1 Å². The van der Waals surface area contributed by atoms with E-state index in [1.165, 1.54) is 23.3 Å². The van der Waals surface area contributed by atoms with E-state index in [9.17, 15) is 9.18 Å². The van der Waals surface area contributed by atoms with Gasteiger partial charge in [-0.15, -0.1) is 0 Å². The second-order valence-corrected chi connectivity index (χ2v) is 11.3. The van der Waals surface area contributed by atoms with Crippen molar-refractivity contribution in [3.8, 4) is 5.75 Å². The molecule has 6 nitrogen and oxygen atoms in total. The number of benzene rings is 2. The lowest BCUT2D eigenvalue weighted by atomic mass is 9.59. The Labute approximate surface area is 228 Å². The van der Waals surface area contributed by atoms with Gasteiger partial charge in [-0.25, -0.2) is 4.39 Å². The van der Waals surface area contributed by atoms with Crippen molar-refractivity contribution in [3.63, 3.8) is 0 Å². The molecular weight excluding hydrogens is 493 g/mol. The van der Waals surface area contributed by atoms with Crippen LogP contribution in [0.2, 0.25) is 0 Å². The molecule has 202 valence electrons. The third-order valence-electron chi connectivity index (χ3n) is 8.09. The molecule has 1 N–H and O–H groups in total. The lowest BCUT2D eigenvalue weighted by Crippen LogP contribution is -2.58. The van der Waals surface area contributed by atoms with Crippen LogP contribution >= 0.6 is 0 Å². The molecule has 3 aliphatic rings. The Morgan fingerprint density at radius 1 is 1.08 bits per heavy atom. The Bertz CT molecular complexity index is 1360. The number of nitrogens with one attached hydrogen (secondary N) is 1. The number of hydrogen-bond donors (Lipinski definition) is 1. The van der Waals surface area contributed by atoms with E-state index in [0.29, 0.717) is 29.9 Å². The molecule has 2 saturated heterocycles. The van der Waals surface area contributed by atoms with Crippen LogP contribution in [0.4, 0.5) is 4.39 Å². The van der Waals surface area contributed by atoms with Crippen LogP contribution in [-0.4, -0.2) is 55.2 Å². The number of aromatic nitrogens is 1. The topological polar surface area (TPSA) is 63.7 Å². The summed E-state index contributed by atoms with van der Waals surface area (Å²) >= 11 is 0. The summed E-state index contributed by atoms with van der Waals surface area (Å²) in [5, 5.41) is 3.08. The average molecular weight is 528 g/mol. The number of amides is 1. The molecule has 2 aliphatic heterocycles. The van der Waals surface area contributed by atoms with Crippen LogP contribution in [-0.2, 0) is 4.74 Å². The van der Waals surface area contributed by atoms with Crippen LogP contribution in [0.5, 0.6) is 5.75 Å². The minimum Gasteiger partial charge on any atom is -0.486 e. The number of hydrogen-bond acceptors (Lipinski definition) is 5. The highest BCUT2D eigenvalue weighted by Gasteiger charge is 2.49. The van der Waals surface area contributed by atoms with Crippen LogP contribution in [0, 0.1) is 11.2 Å². The Balaban J connectivity index is 1.16. The molecular formula is C32H34FN3O3. The van der Waals surface area contributed by atoms with Gasteiger partial charge in [0, 0.05) is 31.1 Å². The van der Waals surface area contributed by atoms with E-state index in [1.54, 1.807) is 18.5 Å². The molecule has 1 aromatic heterocycles. The summed E-state index contributed by atoms with van der Waals surface area (Å²) in [6, 6.07) is 16.7. The summed E-state index contributed by atoms with van der Waals surface area (Å²) in [6.45, 7) is 5.50. The van der Waals surface area contributed by atoms with Crippen molar-refractivity contribution in [1.29, 1.82) is 0 Å². The molecule has 0 radical (unpaired) electrons. The van der Waals surface area contributed by atoms with Crippen LogP contribution in [0.1, 0.15) is 59.3 Å². The van der Waals surface area contributed by atoms with Gasteiger partial charge in [0.2, 0.25) is 0 Å². The molecule has 1 aliphatic carbocycles. The van der Waals surface area contributed by atoms with Gasteiger partial charge in [0.05, 0.1) is 31.0 Å². The predicted octanol–water partition coefficient (Wildman–Crippen LogP) is 5.41. The second-order valence-electron chi connectivity index (χ2n) is 11.3. The first-order valence-corrected chi connectivity index (χ1v) is 13.6. The van der Waals surface area contributed by atoms with Gasteiger partial charge < -0.3 is 19.7 Å². The quantitative estimate of drug-likeness (QED) is 0.445. The molecule has 7 heteroatoms. The van der Waals surface area contributed by atoms with Crippen molar-refractivity contribution >= 4 is 11.5 Å². The van der Waals surface area contributed by atoms with Crippen molar-refractivity contribution in [2.24, 2.45) is 5.41 Å². The number of carbonyl (C=O) groups is 1. The van der Waals surface area contributed by atoms with Gasteiger partial charge in [0.15, 0.2) is 0 Å². The third kappa shape index (κ3) is 5.47. The molecule has 3 aromatic rings. The summed E-state index contributed by atoms with van der Waals surface area (Å²) in [5.74, 6) is 0.142. The Morgan fingerprint density at radius 2 is 1.77 bits per heavy atom. The Hall–Kier alpha value is -3.55. The number of carbonyl (C=O) groups excluding carboxylic acids is 1. The monoisotopic (exact) mass is 527 g/mol. The largest absolute Gasteiger partial charge is 0.486 e. The minimum absolute atomic E-state index is 0.00199. The van der Waals surface area contributed by atoms with Gasteiger partial charge in [-0.1, -0.05) is 42.0 Å². The van der Waals surface area contributed by atoms with Crippen molar-refractivity contribution in [2.45, 2.75) is 38.3 Å². The fourth-order valence-electron chi connectivity index (χ4n) is 6.25. The van der Waals surface area contributed by atoms with Crippen LogP contribution in [0.3, 0.4) is 0 Å². The number of pyridine rings is 1. The van der Waals surface area contributed by atoms with Gasteiger partial charge in [-0.3, -0.25) is 9.78 Å². The fourth-order valence-corrected chi connectivity index (χ4v) is 6.25. The highest BCUT2D eigenvalue weighted by molar-refractivity contribution is 5.94. The van der Waals surface area contributed by atoms with Gasteiger partial charge in [0.25, 0.3) is 5.91 Å². The zero-order valence-corrected chi connectivity index (χ0v) is 22.5. The third-order valence-corrected chi connectivity index (χ3v) is 8.09. The number of likely N-dealkylation sites (tertiary alicyclic amines) is 1. The summed E-state index contributed by atoms with van der Waals surface area (Å²) in [6.07, 6.45) is 6.18. The SMILES string of the molecule is C[C@@H](NC(=O)c1cncc(O[C@H]2CCOC2)c1)c1ccc(C(=C2CC3(C2)CN(C)C3)c2ccc(F)cc2)cc1. The zero-order valence-electron chi connectivity index (χ0n) is 22.5. The minimum atomic E-state index is -0.228.